The molecule has 25 heavy (non-hydrogen) atoms. The second kappa shape index (κ2) is 7.09. The molecule has 3 rings (SSSR count). The average molecular weight is 359 g/mol. The molecule has 0 saturated heterocycles. The predicted molar refractivity (Wildman–Crippen MR) is 95.2 cm³/mol. The van der Waals surface area contributed by atoms with E-state index in [1.807, 2.05) is 6.92 Å². The molecule has 1 heterocycles. The lowest BCUT2D eigenvalue weighted by Gasteiger charge is -2.09. The van der Waals surface area contributed by atoms with Gasteiger partial charge in [-0.15, -0.1) is 0 Å². The summed E-state index contributed by atoms with van der Waals surface area (Å²) in [7, 11) is 1.41. The number of aryl methyl sites for hydroxylation is 1. The monoisotopic (exact) mass is 358 g/mol. The Balaban J connectivity index is 2.07. The molecule has 0 radical (unpaired) electrons. The molecule has 3 aromatic rings. The Kier molecular flexibility index (Phi) is 4.88. The van der Waals surface area contributed by atoms with Gasteiger partial charge >= 0.3 is 11.6 Å². The summed E-state index contributed by atoms with van der Waals surface area (Å²) in [4.78, 5) is 23.9. The SMILES string of the molecule is COCC(=O)Oc1ccc2c(C)c(-c3ccc(Cl)cc3)c(=O)oc2c1. The smallest absolute Gasteiger partial charge is 0.344 e. The van der Waals surface area contributed by atoms with Crippen LogP contribution in [0.3, 0.4) is 0 Å². The van der Waals surface area contributed by atoms with Crippen LogP contribution >= 0.6 is 11.6 Å². The molecule has 0 aliphatic heterocycles. The number of hydrogen-bond acceptors (Lipinski definition) is 5. The number of carbonyl (C=O) groups is 1. The molecule has 0 spiro atoms. The van der Waals surface area contributed by atoms with Crippen LogP contribution in [0.4, 0.5) is 0 Å². The zero-order valence-corrected chi connectivity index (χ0v) is 14.4. The average Bonchev–Trinajstić information content (AvgIpc) is 2.56. The molecule has 0 fully saturated rings. The molecule has 0 N–H and O–H groups in total. The van der Waals surface area contributed by atoms with Crippen LogP contribution in [-0.4, -0.2) is 19.7 Å². The Morgan fingerprint density at radius 3 is 2.56 bits per heavy atom. The number of benzene rings is 2. The summed E-state index contributed by atoms with van der Waals surface area (Å²) in [6.45, 7) is 1.69. The Morgan fingerprint density at radius 2 is 1.88 bits per heavy atom. The van der Waals surface area contributed by atoms with Crippen LogP contribution in [-0.2, 0) is 9.53 Å². The topological polar surface area (TPSA) is 65.7 Å². The van der Waals surface area contributed by atoms with Crippen LogP contribution in [0.1, 0.15) is 5.56 Å². The van der Waals surface area contributed by atoms with Gasteiger partial charge in [0.25, 0.3) is 0 Å². The summed E-state index contributed by atoms with van der Waals surface area (Å²) < 4.78 is 15.3. The maximum Gasteiger partial charge on any atom is 0.344 e. The van der Waals surface area contributed by atoms with Crippen LogP contribution in [0.5, 0.6) is 5.75 Å². The summed E-state index contributed by atoms with van der Waals surface area (Å²) in [6, 6.07) is 11.9. The molecular weight excluding hydrogens is 344 g/mol. The first-order valence-electron chi connectivity index (χ1n) is 7.52. The summed E-state index contributed by atoms with van der Waals surface area (Å²) in [5.74, 6) is -0.241. The first-order valence-corrected chi connectivity index (χ1v) is 7.90. The molecular formula is C19H15ClO5. The third kappa shape index (κ3) is 3.57. The van der Waals surface area contributed by atoms with Gasteiger partial charge in [0.1, 0.15) is 17.9 Å². The van der Waals surface area contributed by atoms with Crippen molar-refractivity contribution in [3.8, 4) is 16.9 Å². The first-order chi connectivity index (χ1) is 12.0. The van der Waals surface area contributed by atoms with E-state index in [1.165, 1.54) is 13.2 Å². The van der Waals surface area contributed by atoms with Crippen molar-refractivity contribution < 1.29 is 18.7 Å². The highest BCUT2D eigenvalue weighted by molar-refractivity contribution is 6.30. The number of hydrogen-bond donors (Lipinski definition) is 0. The first kappa shape index (κ1) is 17.2. The molecule has 6 heteroatoms. The Bertz CT molecular complexity index is 989. The third-order valence-corrected chi connectivity index (χ3v) is 4.02. The molecule has 128 valence electrons. The summed E-state index contributed by atoms with van der Waals surface area (Å²) in [6.07, 6.45) is 0. The fourth-order valence-corrected chi connectivity index (χ4v) is 2.75. The van der Waals surface area contributed by atoms with E-state index in [2.05, 4.69) is 0 Å². The normalized spacial score (nSPS) is 10.8. The van der Waals surface area contributed by atoms with Gasteiger partial charge in [0.2, 0.25) is 0 Å². The standard InChI is InChI=1S/C19H15ClO5/c1-11-15-8-7-14(24-17(21)10-23-2)9-16(15)25-19(22)18(11)12-3-5-13(20)6-4-12/h3-9H,10H2,1-2H3. The van der Waals surface area contributed by atoms with Crippen LogP contribution in [0.2, 0.25) is 5.02 Å². The van der Waals surface area contributed by atoms with Gasteiger partial charge in [-0.2, -0.15) is 0 Å². The van der Waals surface area contributed by atoms with Crippen molar-refractivity contribution in [3.05, 3.63) is 63.5 Å². The van der Waals surface area contributed by atoms with E-state index in [4.69, 9.17) is 25.5 Å². The van der Waals surface area contributed by atoms with Crippen molar-refractivity contribution in [1.29, 1.82) is 0 Å². The quantitative estimate of drug-likeness (QED) is 0.401. The summed E-state index contributed by atoms with van der Waals surface area (Å²) >= 11 is 5.90. The van der Waals surface area contributed by atoms with Gasteiger partial charge in [0, 0.05) is 23.6 Å². The number of methoxy groups -OCH3 is 1. The molecule has 2 aromatic carbocycles. The lowest BCUT2D eigenvalue weighted by molar-refractivity contribution is -0.138. The molecule has 0 unspecified atom stereocenters. The van der Waals surface area contributed by atoms with Gasteiger partial charge in [0.05, 0.1) is 5.56 Å². The highest BCUT2D eigenvalue weighted by atomic mass is 35.5. The van der Waals surface area contributed by atoms with Gasteiger partial charge in [-0.05, 0) is 42.3 Å². The van der Waals surface area contributed by atoms with E-state index < -0.39 is 11.6 Å². The summed E-state index contributed by atoms with van der Waals surface area (Å²) in [5, 5.41) is 1.35. The van der Waals surface area contributed by atoms with Gasteiger partial charge in [-0.1, -0.05) is 23.7 Å². The highest BCUT2D eigenvalue weighted by Gasteiger charge is 2.14. The van der Waals surface area contributed by atoms with E-state index in [0.717, 1.165) is 16.5 Å². The largest absolute Gasteiger partial charge is 0.425 e. The molecule has 0 aliphatic rings. The Hall–Kier alpha value is -2.63. The fraction of sp³-hybridized carbons (Fsp3) is 0.158. The second-order valence-corrected chi connectivity index (χ2v) is 5.90. The van der Waals surface area contributed by atoms with Crippen LogP contribution in [0.15, 0.2) is 51.7 Å². The van der Waals surface area contributed by atoms with Crippen molar-refractivity contribution in [1.82, 2.24) is 0 Å². The minimum atomic E-state index is -0.529. The molecule has 5 nitrogen and oxygen atoms in total. The third-order valence-electron chi connectivity index (χ3n) is 3.77. The number of esters is 1. The maximum absolute atomic E-state index is 12.4. The molecule has 0 saturated carbocycles. The lowest BCUT2D eigenvalue weighted by Crippen LogP contribution is -2.14. The zero-order chi connectivity index (χ0) is 18.0. The molecule has 0 amide bonds. The van der Waals surface area contributed by atoms with Crippen LogP contribution in [0.25, 0.3) is 22.1 Å². The highest BCUT2D eigenvalue weighted by Crippen LogP contribution is 2.29. The van der Waals surface area contributed by atoms with Gasteiger partial charge < -0.3 is 13.9 Å². The van der Waals surface area contributed by atoms with E-state index in [1.54, 1.807) is 36.4 Å². The second-order valence-electron chi connectivity index (χ2n) is 5.46. The predicted octanol–water partition coefficient (Wildman–Crippen LogP) is 3.97. The number of carbonyl (C=O) groups excluding carboxylic acids is 1. The zero-order valence-electron chi connectivity index (χ0n) is 13.7. The van der Waals surface area contributed by atoms with E-state index in [-0.39, 0.29) is 12.4 Å². The van der Waals surface area contributed by atoms with Crippen molar-refractivity contribution in [2.24, 2.45) is 0 Å². The molecule has 0 atom stereocenters. The maximum atomic E-state index is 12.4. The van der Waals surface area contributed by atoms with E-state index in [0.29, 0.717) is 16.2 Å². The molecule has 0 bridgehead atoms. The number of fused-ring (bicyclic) bond motifs is 1. The Labute approximate surface area is 148 Å². The molecule has 1 aromatic heterocycles. The number of halogens is 1. The summed E-state index contributed by atoms with van der Waals surface area (Å²) in [5.41, 5.74) is 1.88. The minimum absolute atomic E-state index is 0.156. The molecule has 0 aliphatic carbocycles. The van der Waals surface area contributed by atoms with Crippen molar-refractivity contribution in [2.45, 2.75) is 6.92 Å². The van der Waals surface area contributed by atoms with Crippen molar-refractivity contribution in [3.63, 3.8) is 0 Å². The number of rotatable bonds is 4. The fourth-order valence-electron chi connectivity index (χ4n) is 2.63. The van der Waals surface area contributed by atoms with E-state index >= 15 is 0 Å². The minimum Gasteiger partial charge on any atom is -0.425 e. The number of ether oxygens (including phenoxy) is 2. The van der Waals surface area contributed by atoms with Crippen molar-refractivity contribution in [2.75, 3.05) is 13.7 Å². The van der Waals surface area contributed by atoms with Gasteiger partial charge in [0.15, 0.2) is 0 Å². The van der Waals surface area contributed by atoms with Crippen LogP contribution < -0.4 is 10.4 Å². The lowest BCUT2D eigenvalue weighted by atomic mass is 10.00. The van der Waals surface area contributed by atoms with Crippen molar-refractivity contribution >= 4 is 28.5 Å². The van der Waals surface area contributed by atoms with E-state index in [9.17, 15) is 9.59 Å². The van der Waals surface area contributed by atoms with Crippen LogP contribution in [0, 0.1) is 6.92 Å². The van der Waals surface area contributed by atoms with Gasteiger partial charge in [-0.25, -0.2) is 9.59 Å². The van der Waals surface area contributed by atoms with Gasteiger partial charge in [-0.3, -0.25) is 0 Å². The Morgan fingerprint density at radius 1 is 1.16 bits per heavy atom.